The van der Waals surface area contributed by atoms with Crippen LogP contribution in [0.15, 0.2) is 36.5 Å². The fourth-order valence-corrected chi connectivity index (χ4v) is 1.24. The van der Waals surface area contributed by atoms with Crippen molar-refractivity contribution in [3.8, 4) is 5.75 Å². The van der Waals surface area contributed by atoms with E-state index in [2.05, 4.69) is 0 Å². The summed E-state index contributed by atoms with van der Waals surface area (Å²) in [5.41, 5.74) is 1.17. The molecule has 0 aliphatic carbocycles. The van der Waals surface area contributed by atoms with Gasteiger partial charge in [0.05, 0.1) is 0 Å². The van der Waals surface area contributed by atoms with Gasteiger partial charge in [0.25, 0.3) is 0 Å². The van der Waals surface area contributed by atoms with E-state index in [0.717, 1.165) is 5.75 Å². The van der Waals surface area contributed by atoms with Crippen LogP contribution < -0.4 is 4.74 Å². The van der Waals surface area contributed by atoms with E-state index in [0.29, 0.717) is 0 Å². The van der Waals surface area contributed by atoms with E-state index in [-0.39, 0.29) is 5.78 Å². The third kappa shape index (κ3) is 4.72. The fourth-order valence-electron chi connectivity index (χ4n) is 1.24. The number of nitrogens with zero attached hydrogens (tertiary/aromatic N) is 1. The molecule has 3 nitrogen and oxygen atoms in total. The van der Waals surface area contributed by atoms with Crippen LogP contribution >= 0.6 is 0 Å². The summed E-state index contributed by atoms with van der Waals surface area (Å²) in [5.74, 6) is 0.675. The second-order valence-corrected chi connectivity index (χ2v) is 4.25. The molecule has 1 rings (SSSR count). The topological polar surface area (TPSA) is 29.5 Å². The highest BCUT2D eigenvalue weighted by atomic mass is 16.5. The van der Waals surface area contributed by atoms with Gasteiger partial charge in [-0.1, -0.05) is 17.7 Å². The summed E-state index contributed by atoms with van der Waals surface area (Å²) < 4.78 is 5.54. The number of aryl methyl sites for hydroxylation is 1. The van der Waals surface area contributed by atoms with Crippen molar-refractivity contribution in [1.82, 2.24) is 4.90 Å². The van der Waals surface area contributed by atoms with E-state index in [1.54, 1.807) is 13.1 Å². The Morgan fingerprint density at radius 3 is 2.41 bits per heavy atom. The Labute approximate surface area is 103 Å². The lowest BCUT2D eigenvalue weighted by Gasteiger charge is -2.12. The highest BCUT2D eigenvalue weighted by molar-refractivity contribution is 5.93. The molecule has 1 unspecified atom stereocenters. The van der Waals surface area contributed by atoms with E-state index in [1.165, 1.54) is 11.6 Å². The molecular formula is C14H19NO2. The van der Waals surface area contributed by atoms with Crippen LogP contribution in [0.5, 0.6) is 5.75 Å². The molecular weight excluding hydrogens is 214 g/mol. The molecule has 92 valence electrons. The lowest BCUT2D eigenvalue weighted by atomic mass is 10.2. The summed E-state index contributed by atoms with van der Waals surface area (Å²) >= 11 is 0. The zero-order valence-corrected chi connectivity index (χ0v) is 10.8. The second kappa shape index (κ2) is 6.09. The van der Waals surface area contributed by atoms with Crippen LogP contribution in [0, 0.1) is 6.92 Å². The molecule has 0 saturated carbocycles. The summed E-state index contributed by atoms with van der Waals surface area (Å²) in [5, 5.41) is 0. The molecule has 17 heavy (non-hydrogen) atoms. The predicted octanol–water partition coefficient (Wildman–Crippen LogP) is 2.41. The Hall–Kier alpha value is -1.77. The van der Waals surface area contributed by atoms with Crippen LogP contribution in [0.2, 0.25) is 0 Å². The minimum absolute atomic E-state index is 0.0423. The van der Waals surface area contributed by atoms with Gasteiger partial charge in [0, 0.05) is 26.4 Å². The minimum atomic E-state index is -0.464. The number of carbonyl (C=O) groups is 1. The van der Waals surface area contributed by atoms with Gasteiger partial charge in [-0.2, -0.15) is 0 Å². The quantitative estimate of drug-likeness (QED) is 0.731. The molecule has 0 amide bonds. The van der Waals surface area contributed by atoms with Gasteiger partial charge >= 0.3 is 0 Å². The van der Waals surface area contributed by atoms with E-state index in [9.17, 15) is 4.79 Å². The molecule has 0 aliphatic rings. The predicted molar refractivity (Wildman–Crippen MR) is 69.1 cm³/mol. The van der Waals surface area contributed by atoms with Crippen LogP contribution in [-0.4, -0.2) is 30.9 Å². The van der Waals surface area contributed by atoms with Crippen LogP contribution in [0.4, 0.5) is 0 Å². The Morgan fingerprint density at radius 1 is 1.29 bits per heavy atom. The lowest BCUT2D eigenvalue weighted by molar-refractivity contribution is -0.120. The van der Waals surface area contributed by atoms with Gasteiger partial charge in [0.15, 0.2) is 11.9 Å². The molecule has 0 bridgehead atoms. The molecule has 0 saturated heterocycles. The van der Waals surface area contributed by atoms with Crippen molar-refractivity contribution in [2.24, 2.45) is 0 Å². The average Bonchev–Trinajstić information content (AvgIpc) is 2.28. The molecule has 0 aromatic heterocycles. The van der Waals surface area contributed by atoms with Crippen LogP contribution in [-0.2, 0) is 4.79 Å². The monoisotopic (exact) mass is 233 g/mol. The van der Waals surface area contributed by atoms with Crippen molar-refractivity contribution in [2.45, 2.75) is 20.0 Å². The number of hydrogen-bond donors (Lipinski definition) is 0. The normalized spacial score (nSPS) is 12.5. The molecule has 0 radical (unpaired) electrons. The van der Waals surface area contributed by atoms with Gasteiger partial charge in [0.2, 0.25) is 0 Å². The van der Waals surface area contributed by atoms with Crippen molar-refractivity contribution < 1.29 is 9.53 Å². The maximum absolute atomic E-state index is 11.7. The first-order valence-electron chi connectivity index (χ1n) is 5.61. The van der Waals surface area contributed by atoms with Crippen molar-refractivity contribution in [2.75, 3.05) is 14.1 Å². The zero-order valence-electron chi connectivity index (χ0n) is 10.8. The van der Waals surface area contributed by atoms with E-state index in [1.807, 2.05) is 50.2 Å². The van der Waals surface area contributed by atoms with E-state index < -0.39 is 6.10 Å². The Bertz CT molecular complexity index is 393. The van der Waals surface area contributed by atoms with E-state index in [4.69, 9.17) is 4.74 Å². The molecule has 0 N–H and O–H groups in total. The molecule has 0 heterocycles. The molecule has 1 aromatic rings. The Balaban J connectivity index is 2.57. The minimum Gasteiger partial charge on any atom is -0.483 e. The van der Waals surface area contributed by atoms with Crippen molar-refractivity contribution >= 4 is 5.78 Å². The first kappa shape index (κ1) is 13.3. The van der Waals surface area contributed by atoms with Crippen molar-refractivity contribution in [3.63, 3.8) is 0 Å². The number of carbonyl (C=O) groups excluding carboxylic acids is 1. The molecule has 0 aliphatic heterocycles. The largest absolute Gasteiger partial charge is 0.483 e. The number of ketones is 1. The molecule has 0 spiro atoms. The molecule has 3 heteroatoms. The van der Waals surface area contributed by atoms with Gasteiger partial charge in [-0.25, -0.2) is 0 Å². The smallest absolute Gasteiger partial charge is 0.197 e. The van der Waals surface area contributed by atoms with Gasteiger partial charge < -0.3 is 9.64 Å². The third-order valence-electron chi connectivity index (χ3n) is 2.27. The summed E-state index contributed by atoms with van der Waals surface area (Å²) in [6.45, 7) is 3.76. The Kier molecular flexibility index (Phi) is 4.76. The van der Waals surface area contributed by atoms with Crippen molar-refractivity contribution in [1.29, 1.82) is 0 Å². The van der Waals surface area contributed by atoms with Crippen LogP contribution in [0.3, 0.4) is 0 Å². The number of rotatable bonds is 5. The summed E-state index contributed by atoms with van der Waals surface area (Å²) in [6.07, 6.45) is 2.78. The average molecular weight is 233 g/mol. The highest BCUT2D eigenvalue weighted by Gasteiger charge is 2.11. The van der Waals surface area contributed by atoms with Gasteiger partial charge in [0.1, 0.15) is 5.75 Å². The third-order valence-corrected chi connectivity index (χ3v) is 2.27. The fraction of sp³-hybridized carbons (Fsp3) is 0.357. The second-order valence-electron chi connectivity index (χ2n) is 4.25. The van der Waals surface area contributed by atoms with Crippen molar-refractivity contribution in [3.05, 3.63) is 42.1 Å². The highest BCUT2D eigenvalue weighted by Crippen LogP contribution is 2.13. The maximum Gasteiger partial charge on any atom is 0.197 e. The maximum atomic E-state index is 11.7. The first-order chi connectivity index (χ1) is 7.99. The van der Waals surface area contributed by atoms with Gasteiger partial charge in [-0.05, 0) is 26.0 Å². The number of benzene rings is 1. The number of hydrogen-bond acceptors (Lipinski definition) is 3. The molecule has 0 fully saturated rings. The summed E-state index contributed by atoms with van der Waals surface area (Å²) in [4.78, 5) is 13.5. The Morgan fingerprint density at radius 2 is 1.88 bits per heavy atom. The number of ether oxygens (including phenoxy) is 1. The zero-order chi connectivity index (χ0) is 12.8. The summed E-state index contributed by atoms with van der Waals surface area (Å²) in [7, 11) is 3.74. The lowest BCUT2D eigenvalue weighted by Crippen LogP contribution is -2.22. The van der Waals surface area contributed by atoms with Crippen LogP contribution in [0.1, 0.15) is 12.5 Å². The standard InChI is InChI=1S/C14H19NO2/c1-11-5-7-13(8-6-11)17-12(2)14(16)9-10-15(3)4/h5-10,12H,1-4H3/b10-9+. The van der Waals surface area contributed by atoms with Gasteiger partial charge in [-0.15, -0.1) is 0 Å². The first-order valence-corrected chi connectivity index (χ1v) is 5.61. The van der Waals surface area contributed by atoms with Crippen LogP contribution in [0.25, 0.3) is 0 Å². The SMILES string of the molecule is Cc1ccc(OC(C)C(=O)/C=C/N(C)C)cc1. The van der Waals surface area contributed by atoms with E-state index >= 15 is 0 Å². The molecule has 1 aromatic carbocycles. The molecule has 1 atom stereocenters. The van der Waals surface area contributed by atoms with Gasteiger partial charge in [-0.3, -0.25) is 4.79 Å². The summed E-state index contributed by atoms with van der Waals surface area (Å²) in [6, 6.07) is 7.66.